The first-order valence-electron chi connectivity index (χ1n) is 10.9. The van der Waals surface area contributed by atoms with Crippen LogP contribution in [0.3, 0.4) is 0 Å². The molecular weight excluding hydrogens is 378 g/mol. The number of hydrogen-bond acceptors (Lipinski definition) is 7. The van der Waals surface area contributed by atoms with Crippen molar-refractivity contribution in [2.45, 2.75) is 25.4 Å². The quantitative estimate of drug-likeness (QED) is 0.644. The van der Waals surface area contributed by atoms with Crippen molar-refractivity contribution in [3.63, 3.8) is 0 Å². The van der Waals surface area contributed by atoms with Crippen LogP contribution < -0.4 is 9.64 Å². The molecule has 5 rings (SSSR count). The summed E-state index contributed by atoms with van der Waals surface area (Å²) in [6, 6.07) is 15.1. The van der Waals surface area contributed by atoms with Crippen LogP contribution in [0.5, 0.6) is 5.75 Å². The first-order chi connectivity index (χ1) is 14.8. The second kappa shape index (κ2) is 8.62. The number of ether oxygens (including phenoxy) is 1. The molecule has 0 N–H and O–H groups in total. The highest BCUT2D eigenvalue weighted by Gasteiger charge is 2.29. The number of benzene rings is 2. The van der Waals surface area contributed by atoms with Gasteiger partial charge < -0.3 is 9.64 Å². The SMILES string of the molecule is COc1ccccc1N1CCN([C@@H]2CCCN(Cc3cccc4nonc34)C2)CC1. The molecule has 0 radical (unpaired) electrons. The van der Waals surface area contributed by atoms with Crippen molar-refractivity contribution in [1.82, 2.24) is 20.1 Å². The van der Waals surface area contributed by atoms with Crippen LogP contribution >= 0.6 is 0 Å². The Morgan fingerprint density at radius 2 is 1.87 bits per heavy atom. The van der Waals surface area contributed by atoms with E-state index in [4.69, 9.17) is 9.37 Å². The van der Waals surface area contributed by atoms with Gasteiger partial charge in [-0.1, -0.05) is 24.3 Å². The minimum absolute atomic E-state index is 0.619. The molecule has 1 atom stereocenters. The van der Waals surface area contributed by atoms with Crippen molar-refractivity contribution in [1.29, 1.82) is 0 Å². The maximum absolute atomic E-state index is 5.56. The molecule has 0 spiro atoms. The topological polar surface area (TPSA) is 57.9 Å². The van der Waals surface area contributed by atoms with Gasteiger partial charge in [-0.3, -0.25) is 9.80 Å². The summed E-state index contributed by atoms with van der Waals surface area (Å²) in [6.07, 6.45) is 2.52. The van der Waals surface area contributed by atoms with Gasteiger partial charge >= 0.3 is 0 Å². The zero-order chi connectivity index (χ0) is 20.3. The molecule has 2 fully saturated rings. The van der Waals surface area contributed by atoms with E-state index in [0.29, 0.717) is 6.04 Å². The van der Waals surface area contributed by atoms with E-state index in [1.165, 1.54) is 24.1 Å². The molecule has 2 saturated heterocycles. The van der Waals surface area contributed by atoms with Gasteiger partial charge in [0.15, 0.2) is 0 Å². The fourth-order valence-corrected chi connectivity index (χ4v) is 4.92. The minimum Gasteiger partial charge on any atom is -0.495 e. The molecule has 3 aromatic rings. The van der Waals surface area contributed by atoms with Crippen molar-refractivity contribution in [2.75, 3.05) is 51.3 Å². The smallest absolute Gasteiger partial charge is 0.142 e. The molecule has 0 aliphatic carbocycles. The van der Waals surface area contributed by atoms with E-state index in [0.717, 1.165) is 62.6 Å². The second-order valence-electron chi connectivity index (χ2n) is 8.28. The monoisotopic (exact) mass is 407 g/mol. The first-order valence-corrected chi connectivity index (χ1v) is 10.9. The highest BCUT2D eigenvalue weighted by Crippen LogP contribution is 2.29. The van der Waals surface area contributed by atoms with Gasteiger partial charge in [0.05, 0.1) is 12.8 Å². The van der Waals surface area contributed by atoms with Crippen LogP contribution in [0.15, 0.2) is 47.1 Å². The molecule has 2 aromatic carbocycles. The van der Waals surface area contributed by atoms with Crippen molar-refractivity contribution >= 4 is 16.7 Å². The summed E-state index contributed by atoms with van der Waals surface area (Å²) in [5.74, 6) is 0.964. The number of likely N-dealkylation sites (tertiary alicyclic amines) is 1. The average Bonchev–Trinajstić information content (AvgIpc) is 3.29. The number of piperazine rings is 1. The summed E-state index contributed by atoms with van der Waals surface area (Å²) < 4.78 is 10.5. The van der Waals surface area contributed by atoms with Crippen LogP contribution in [0.1, 0.15) is 18.4 Å². The summed E-state index contributed by atoms with van der Waals surface area (Å²) in [5, 5.41) is 8.08. The lowest BCUT2D eigenvalue weighted by atomic mass is 10.0. The van der Waals surface area contributed by atoms with Crippen LogP contribution in [0.2, 0.25) is 0 Å². The molecule has 0 amide bonds. The van der Waals surface area contributed by atoms with Crippen molar-refractivity contribution in [3.8, 4) is 5.75 Å². The number of fused-ring (bicyclic) bond motifs is 1. The van der Waals surface area contributed by atoms with Crippen molar-refractivity contribution in [3.05, 3.63) is 48.0 Å². The Bertz CT molecular complexity index is 982. The number of piperidine rings is 1. The molecule has 0 saturated carbocycles. The fraction of sp³-hybridized carbons (Fsp3) is 0.478. The molecule has 30 heavy (non-hydrogen) atoms. The van der Waals surface area contributed by atoms with Gasteiger partial charge in [0, 0.05) is 45.3 Å². The van der Waals surface area contributed by atoms with Gasteiger partial charge in [0.2, 0.25) is 0 Å². The Morgan fingerprint density at radius 3 is 2.73 bits per heavy atom. The molecule has 7 heteroatoms. The third-order valence-electron chi connectivity index (χ3n) is 6.50. The first kappa shape index (κ1) is 19.3. The Labute approximate surface area is 177 Å². The highest BCUT2D eigenvalue weighted by molar-refractivity contribution is 5.76. The summed E-state index contributed by atoms with van der Waals surface area (Å²) in [4.78, 5) is 7.69. The largest absolute Gasteiger partial charge is 0.495 e. The lowest BCUT2D eigenvalue weighted by Gasteiger charge is -2.44. The summed E-state index contributed by atoms with van der Waals surface area (Å²) >= 11 is 0. The van der Waals surface area contributed by atoms with E-state index < -0.39 is 0 Å². The number of aromatic nitrogens is 2. The van der Waals surface area contributed by atoms with Crippen LogP contribution in [-0.2, 0) is 6.54 Å². The molecule has 7 nitrogen and oxygen atoms in total. The third kappa shape index (κ3) is 3.87. The number of rotatable bonds is 5. The number of para-hydroxylation sites is 2. The molecule has 1 aromatic heterocycles. The predicted octanol–water partition coefficient (Wildman–Crippen LogP) is 3.02. The van der Waals surface area contributed by atoms with Gasteiger partial charge in [-0.25, -0.2) is 4.63 Å². The zero-order valence-corrected chi connectivity index (χ0v) is 17.5. The minimum atomic E-state index is 0.619. The molecule has 0 unspecified atom stereocenters. The average molecular weight is 408 g/mol. The van der Waals surface area contributed by atoms with Crippen molar-refractivity contribution < 1.29 is 9.37 Å². The summed E-state index contributed by atoms with van der Waals surface area (Å²) in [5.41, 5.74) is 4.15. The highest BCUT2D eigenvalue weighted by atomic mass is 16.6. The summed E-state index contributed by atoms with van der Waals surface area (Å²) in [6.45, 7) is 7.43. The van der Waals surface area contributed by atoms with Crippen molar-refractivity contribution in [2.24, 2.45) is 0 Å². The normalized spacial score (nSPS) is 21.2. The fourth-order valence-electron chi connectivity index (χ4n) is 4.92. The van der Waals surface area contributed by atoms with Gasteiger partial charge in [0.25, 0.3) is 0 Å². The maximum Gasteiger partial charge on any atom is 0.142 e. The van der Waals surface area contributed by atoms with E-state index in [9.17, 15) is 0 Å². The van der Waals surface area contributed by atoms with Gasteiger partial charge in [0.1, 0.15) is 16.8 Å². The molecule has 0 bridgehead atoms. The summed E-state index contributed by atoms with van der Waals surface area (Å²) in [7, 11) is 1.75. The predicted molar refractivity (Wildman–Crippen MR) is 117 cm³/mol. The van der Waals surface area contributed by atoms with E-state index in [2.05, 4.69) is 43.2 Å². The van der Waals surface area contributed by atoms with Gasteiger partial charge in [-0.05, 0) is 53.5 Å². The van der Waals surface area contributed by atoms with Gasteiger partial charge in [-0.2, -0.15) is 0 Å². The Hall–Kier alpha value is -2.64. The third-order valence-corrected chi connectivity index (χ3v) is 6.50. The number of anilines is 1. The Balaban J connectivity index is 1.20. The van der Waals surface area contributed by atoms with E-state index in [1.807, 2.05) is 24.3 Å². The molecular formula is C23H29N5O2. The van der Waals surface area contributed by atoms with Crippen LogP contribution in [-0.4, -0.2) is 72.5 Å². The second-order valence-corrected chi connectivity index (χ2v) is 8.28. The zero-order valence-electron chi connectivity index (χ0n) is 17.5. The van der Waals surface area contributed by atoms with Gasteiger partial charge in [-0.15, -0.1) is 0 Å². The van der Waals surface area contributed by atoms with E-state index in [1.54, 1.807) is 7.11 Å². The lowest BCUT2D eigenvalue weighted by Crippen LogP contribution is -2.55. The Kier molecular flexibility index (Phi) is 5.55. The Morgan fingerprint density at radius 1 is 1.00 bits per heavy atom. The maximum atomic E-state index is 5.56. The van der Waals surface area contributed by atoms with Crippen LogP contribution in [0, 0.1) is 0 Å². The van der Waals surface area contributed by atoms with Crippen LogP contribution in [0.25, 0.3) is 11.0 Å². The molecule has 2 aliphatic rings. The molecule has 158 valence electrons. The number of methoxy groups -OCH3 is 1. The lowest BCUT2D eigenvalue weighted by molar-refractivity contribution is 0.0888. The molecule has 2 aliphatic heterocycles. The number of nitrogens with zero attached hydrogens (tertiary/aromatic N) is 5. The molecule has 3 heterocycles. The van der Waals surface area contributed by atoms with E-state index in [-0.39, 0.29) is 0 Å². The standard InChI is InChI=1S/C23H29N5O2/c1-29-22-10-3-2-9-21(22)28-14-12-27(13-15-28)19-7-5-11-26(17-19)16-18-6-4-8-20-23(18)25-30-24-20/h2-4,6,8-10,19H,5,7,11-17H2,1H3/t19-/m1/s1. The number of hydrogen-bond donors (Lipinski definition) is 0. The van der Waals surface area contributed by atoms with Crippen LogP contribution in [0.4, 0.5) is 5.69 Å². The van der Waals surface area contributed by atoms with E-state index >= 15 is 0 Å².